The van der Waals surface area contributed by atoms with Crippen LogP contribution in [-0.2, 0) is 40.3 Å². The van der Waals surface area contributed by atoms with Crippen LogP contribution >= 0.6 is 49.5 Å². The van der Waals surface area contributed by atoms with Gasteiger partial charge >= 0.3 is 133 Å². The Hall–Kier alpha value is 2.69. The molecule has 0 aliphatic rings. The van der Waals surface area contributed by atoms with E-state index in [0.717, 1.165) is 0 Å². The van der Waals surface area contributed by atoms with Gasteiger partial charge in [-0.2, -0.15) is 0 Å². The molecule has 6 unspecified atom stereocenters. The Morgan fingerprint density at radius 1 is 0.630 bits per heavy atom. The molecule has 6 atom stereocenters. The molecule has 24 heteroatoms. The van der Waals surface area contributed by atoms with Crippen LogP contribution in [0.3, 0.4) is 0 Å². The number of hydrogen-bond donors (Lipinski definition) is 1. The fraction of sp³-hybridized carbons (Fsp3) is 0.333. The number of aliphatic hydroxyl groups excluding tert-OH is 1. The van der Waals surface area contributed by atoms with Gasteiger partial charge in [0, 0.05) is 0 Å². The molecule has 0 aromatic carbocycles. The smallest absolute Gasteiger partial charge is 0.563 e. The summed E-state index contributed by atoms with van der Waals surface area (Å²) in [5, 5.41) is 7.76. The Balaban J connectivity index is -0.0000000541. The fourth-order valence-electron chi connectivity index (χ4n) is 0.163. The average molecular weight is 764 g/mol. The minimum atomic E-state index is -3.24. The first kappa shape index (κ1) is 43.5. The summed E-state index contributed by atoms with van der Waals surface area (Å²) in [4.78, 5) is 55.4. The van der Waals surface area contributed by atoms with Crippen molar-refractivity contribution in [1.82, 2.24) is 0 Å². The van der Waals surface area contributed by atoms with Crippen LogP contribution in [-0.4, -0.2) is 11.7 Å². The molecule has 2 radical (unpaired) electrons. The maximum Gasteiger partial charge on any atom is 3.00 e. The van der Waals surface area contributed by atoms with Crippen LogP contribution in [0.25, 0.3) is 0 Å². The van der Waals surface area contributed by atoms with Gasteiger partial charge in [0.2, 0.25) is 0 Å². The maximum atomic E-state index is 9.24. The van der Waals surface area contributed by atoms with Crippen LogP contribution in [0, 0.1) is 83.5 Å². The molecular weight excluding hydrogens is 758 g/mol. The molecule has 0 rings (SSSR count). The van der Waals surface area contributed by atoms with Crippen LogP contribution < -0.4 is 29.4 Å². The first-order chi connectivity index (χ1) is 11.3. The zero-order valence-corrected chi connectivity index (χ0v) is 23.9. The number of aliphatic hydroxyl groups is 1. The van der Waals surface area contributed by atoms with E-state index in [2.05, 4.69) is 19.5 Å². The Kier molecular flexibility index (Phi) is 53.8. The summed E-state index contributed by atoms with van der Waals surface area (Å²) in [7, 11) is -19.4. The molecule has 0 aromatic heterocycles. The van der Waals surface area contributed by atoms with Crippen LogP contribution in [0.4, 0.5) is 0 Å². The summed E-state index contributed by atoms with van der Waals surface area (Å²) in [6.07, 6.45) is 1.43. The second-order valence-corrected chi connectivity index (χ2v) is 6.70. The molecule has 0 aromatic rings. The second-order valence-electron chi connectivity index (χ2n) is 2.06. The van der Waals surface area contributed by atoms with E-state index >= 15 is 0 Å². The average Bonchev–Trinajstić information content (AvgIpc) is 2.35. The molecule has 0 aliphatic heterocycles. The van der Waals surface area contributed by atoms with Gasteiger partial charge in [-0.15, -0.1) is 6.58 Å². The summed E-state index contributed by atoms with van der Waals surface area (Å²) < 4.78 is 64.9. The van der Waals surface area contributed by atoms with Gasteiger partial charge in [-0.05, 0) is 27.4 Å². The molecule has 0 spiro atoms. The minimum Gasteiger partial charge on any atom is -0.563 e. The molecular formula is C3H6Ce2O16P6+6. The summed E-state index contributed by atoms with van der Waals surface area (Å²) in [5.41, 5.74) is 0. The van der Waals surface area contributed by atoms with Crippen molar-refractivity contribution in [3.8, 4) is 0 Å². The van der Waals surface area contributed by atoms with Crippen LogP contribution in [0.15, 0.2) is 12.7 Å². The van der Waals surface area contributed by atoms with Crippen molar-refractivity contribution in [2.45, 2.75) is 0 Å². The molecule has 1 N–H and O–H groups in total. The molecule has 0 saturated heterocycles. The fourth-order valence-corrected chi connectivity index (χ4v) is 1.47. The summed E-state index contributed by atoms with van der Waals surface area (Å²) in [6, 6.07) is 0. The molecule has 0 fully saturated rings. The van der Waals surface area contributed by atoms with Crippen molar-refractivity contribution in [2.75, 3.05) is 6.61 Å². The van der Waals surface area contributed by atoms with E-state index in [4.69, 9.17) is 5.11 Å². The van der Waals surface area contributed by atoms with E-state index < -0.39 is 49.5 Å². The molecule has 0 aliphatic carbocycles. The van der Waals surface area contributed by atoms with E-state index in [9.17, 15) is 56.8 Å². The summed E-state index contributed by atoms with van der Waals surface area (Å²) >= 11 is 0. The van der Waals surface area contributed by atoms with Crippen molar-refractivity contribution in [2.24, 2.45) is 0 Å². The third-order valence-electron chi connectivity index (χ3n) is 0.529. The standard InChI is InChI=1S/C3H6O.2Ce.3O5P2/c1-2-3-4;;;3*1-6(2)5-7(3)4/h2,4H,1,3H2;;;;;/q;2*+3;;;. The molecule has 16 nitrogen and oxygen atoms in total. The first-order valence-electron chi connectivity index (χ1n) is 4.42. The Bertz CT molecular complexity index is 385. The van der Waals surface area contributed by atoms with Crippen molar-refractivity contribution >= 4 is 49.5 Å². The van der Waals surface area contributed by atoms with E-state index in [1.165, 1.54) is 6.08 Å². The van der Waals surface area contributed by atoms with Crippen molar-refractivity contribution in [3.05, 3.63) is 12.7 Å². The second kappa shape index (κ2) is 33.3. The van der Waals surface area contributed by atoms with E-state index in [-0.39, 0.29) is 90.1 Å². The van der Waals surface area contributed by atoms with Crippen LogP contribution in [0.2, 0.25) is 0 Å². The molecule has 27 heavy (non-hydrogen) atoms. The van der Waals surface area contributed by atoms with Gasteiger partial charge in [-0.1, -0.05) is 6.08 Å². The normalized spacial score (nSPS) is 11.4. The third-order valence-corrected chi connectivity index (χ3v) is 3.73. The van der Waals surface area contributed by atoms with E-state index in [0.29, 0.717) is 0 Å². The molecule has 146 valence electrons. The Morgan fingerprint density at radius 3 is 0.741 bits per heavy atom. The predicted octanol–water partition coefficient (Wildman–Crippen LogP) is -2.72. The quantitative estimate of drug-likeness (QED) is 0.203. The van der Waals surface area contributed by atoms with Gasteiger partial charge in [0.25, 0.3) is 0 Å². The summed E-state index contributed by atoms with van der Waals surface area (Å²) in [6.45, 7) is 3.31. The van der Waals surface area contributed by atoms with Crippen molar-refractivity contribution < 1.29 is 158 Å². The van der Waals surface area contributed by atoms with Gasteiger partial charge < -0.3 is 34.5 Å². The SMILES string of the molecule is C=CCO.O=[P+]([O-])O[P+](=O)[O-].O=[P+]([O-])O[P+](=O)[O-].O=[P+]([O-])O[P+](=O)[O-].[Ce+3].[Ce+3]. The first-order valence-corrected chi connectivity index (χ1v) is 11.0. The van der Waals surface area contributed by atoms with Crippen molar-refractivity contribution in [3.63, 3.8) is 0 Å². The van der Waals surface area contributed by atoms with Crippen LogP contribution in [0.1, 0.15) is 0 Å². The van der Waals surface area contributed by atoms with E-state index in [1.807, 2.05) is 0 Å². The maximum absolute atomic E-state index is 9.24. The molecule has 0 bridgehead atoms. The zero-order valence-electron chi connectivity index (χ0n) is 12.2. The predicted molar refractivity (Wildman–Crippen MR) is 66.2 cm³/mol. The van der Waals surface area contributed by atoms with Crippen molar-refractivity contribution in [1.29, 1.82) is 0 Å². The zero-order chi connectivity index (χ0) is 21.0. The van der Waals surface area contributed by atoms with Gasteiger partial charge in [0.05, 0.1) is 6.61 Å². The topological polar surface area (TPSA) is 289 Å². The number of hydrogen-bond acceptors (Lipinski definition) is 16. The van der Waals surface area contributed by atoms with Crippen LogP contribution in [0.5, 0.6) is 0 Å². The van der Waals surface area contributed by atoms with E-state index in [1.54, 1.807) is 0 Å². The molecule has 0 heterocycles. The minimum absolute atomic E-state index is 0. The van der Waals surface area contributed by atoms with Gasteiger partial charge in [0.1, 0.15) is 12.9 Å². The Labute approximate surface area is 224 Å². The Morgan fingerprint density at radius 2 is 0.741 bits per heavy atom. The molecule has 0 saturated carbocycles. The molecule has 0 amide bonds. The number of rotatable bonds is 7. The van der Waals surface area contributed by atoms with Gasteiger partial charge in [0.15, 0.2) is 0 Å². The third kappa shape index (κ3) is 83.0. The summed E-state index contributed by atoms with van der Waals surface area (Å²) in [5.74, 6) is 0. The van der Waals surface area contributed by atoms with Gasteiger partial charge in [-0.3, -0.25) is 0 Å². The largest absolute Gasteiger partial charge is 3.00 e. The van der Waals surface area contributed by atoms with Gasteiger partial charge in [-0.25, -0.2) is 0 Å². The monoisotopic (exact) mass is 764 g/mol.